The molecule has 0 N–H and O–H groups in total. The Labute approximate surface area is 146 Å². The van der Waals surface area contributed by atoms with Crippen LogP contribution in [0.5, 0.6) is 5.75 Å². The molecule has 0 fully saturated rings. The molecule has 5 nitrogen and oxygen atoms in total. The van der Waals surface area contributed by atoms with Crippen molar-refractivity contribution in [2.75, 3.05) is 7.11 Å². The Hall–Kier alpha value is -3.34. The molecule has 0 bridgehead atoms. The van der Waals surface area contributed by atoms with Crippen molar-refractivity contribution in [2.24, 2.45) is 0 Å². The Morgan fingerprint density at radius 3 is 2.52 bits per heavy atom. The molecule has 0 aliphatic rings. The largest absolute Gasteiger partial charge is 0.497 e. The zero-order valence-electron chi connectivity index (χ0n) is 13.9. The van der Waals surface area contributed by atoms with Gasteiger partial charge >= 0.3 is 0 Å². The fourth-order valence-electron chi connectivity index (χ4n) is 2.74. The summed E-state index contributed by atoms with van der Waals surface area (Å²) < 4.78 is 9.05. The topological polar surface area (TPSA) is 44.9 Å². The lowest BCUT2D eigenvalue weighted by Crippen LogP contribution is -1.99. The summed E-state index contributed by atoms with van der Waals surface area (Å²) in [7, 11) is 1.66. The highest BCUT2D eigenvalue weighted by molar-refractivity contribution is 5.60. The second kappa shape index (κ2) is 6.65. The number of hydrogen-bond acceptors (Lipinski definition) is 3. The van der Waals surface area contributed by atoms with E-state index >= 15 is 0 Å². The van der Waals surface area contributed by atoms with Crippen LogP contribution in [0.3, 0.4) is 0 Å². The van der Waals surface area contributed by atoms with Crippen LogP contribution < -0.4 is 4.74 Å². The number of benzene rings is 2. The van der Waals surface area contributed by atoms with Gasteiger partial charge < -0.3 is 4.74 Å². The first kappa shape index (κ1) is 15.2. The van der Waals surface area contributed by atoms with Gasteiger partial charge in [-0.15, -0.1) is 0 Å². The minimum Gasteiger partial charge on any atom is -0.497 e. The van der Waals surface area contributed by atoms with Crippen LogP contribution >= 0.6 is 0 Å². The summed E-state index contributed by atoms with van der Waals surface area (Å²) in [4.78, 5) is 0. The van der Waals surface area contributed by atoms with E-state index in [1.54, 1.807) is 7.11 Å². The summed E-state index contributed by atoms with van der Waals surface area (Å²) in [6, 6.07) is 18.1. The Balaban J connectivity index is 1.56. The maximum absolute atomic E-state index is 5.27. The summed E-state index contributed by atoms with van der Waals surface area (Å²) >= 11 is 0. The first-order valence-corrected chi connectivity index (χ1v) is 8.08. The first-order chi connectivity index (χ1) is 12.3. The van der Waals surface area contributed by atoms with Crippen molar-refractivity contribution in [2.45, 2.75) is 6.54 Å². The molecular formula is C20H18N4O. The summed E-state index contributed by atoms with van der Waals surface area (Å²) in [6.07, 6.45) is 7.76. The highest BCUT2D eigenvalue weighted by Gasteiger charge is 2.07. The van der Waals surface area contributed by atoms with Gasteiger partial charge in [0.05, 0.1) is 31.7 Å². The number of ether oxygens (including phenoxy) is 1. The fraction of sp³-hybridized carbons (Fsp3) is 0.100. The van der Waals surface area contributed by atoms with Crippen LogP contribution in [0.15, 0.2) is 79.4 Å². The molecule has 4 rings (SSSR count). The predicted octanol–water partition coefficient (Wildman–Crippen LogP) is 3.79. The van der Waals surface area contributed by atoms with E-state index in [4.69, 9.17) is 4.74 Å². The predicted molar refractivity (Wildman–Crippen MR) is 96.9 cm³/mol. The number of methoxy groups -OCH3 is 1. The van der Waals surface area contributed by atoms with Crippen molar-refractivity contribution in [1.82, 2.24) is 19.6 Å². The van der Waals surface area contributed by atoms with Crippen molar-refractivity contribution < 1.29 is 4.74 Å². The molecule has 124 valence electrons. The van der Waals surface area contributed by atoms with Crippen molar-refractivity contribution in [3.05, 3.63) is 84.9 Å². The first-order valence-electron chi connectivity index (χ1n) is 8.08. The third-order valence-electron chi connectivity index (χ3n) is 4.05. The molecule has 0 atom stereocenters. The van der Waals surface area contributed by atoms with Crippen LogP contribution in [0, 0.1) is 0 Å². The third kappa shape index (κ3) is 3.30. The van der Waals surface area contributed by atoms with E-state index in [0.717, 1.165) is 29.1 Å². The van der Waals surface area contributed by atoms with Gasteiger partial charge in [-0.3, -0.25) is 4.68 Å². The van der Waals surface area contributed by atoms with Crippen LogP contribution in [-0.2, 0) is 6.54 Å². The molecule has 25 heavy (non-hydrogen) atoms. The second-order valence-corrected chi connectivity index (χ2v) is 5.79. The van der Waals surface area contributed by atoms with Gasteiger partial charge in [-0.05, 0) is 17.7 Å². The molecule has 0 spiro atoms. The second-order valence-electron chi connectivity index (χ2n) is 5.79. The van der Waals surface area contributed by atoms with E-state index in [-0.39, 0.29) is 0 Å². The normalized spacial score (nSPS) is 10.8. The molecule has 2 aromatic carbocycles. The van der Waals surface area contributed by atoms with Crippen LogP contribution in [0.4, 0.5) is 0 Å². The maximum Gasteiger partial charge on any atom is 0.121 e. The smallest absolute Gasteiger partial charge is 0.121 e. The van der Waals surface area contributed by atoms with Crippen LogP contribution in [-0.4, -0.2) is 26.7 Å². The van der Waals surface area contributed by atoms with E-state index in [9.17, 15) is 0 Å². The molecule has 0 aliphatic carbocycles. The lowest BCUT2D eigenvalue weighted by atomic mass is 10.2. The van der Waals surface area contributed by atoms with E-state index in [0.29, 0.717) is 0 Å². The quantitative estimate of drug-likeness (QED) is 0.559. The average molecular weight is 330 g/mol. The molecule has 0 saturated heterocycles. The fourth-order valence-corrected chi connectivity index (χ4v) is 2.74. The average Bonchev–Trinajstić information content (AvgIpc) is 3.32. The molecular weight excluding hydrogens is 312 g/mol. The summed E-state index contributed by atoms with van der Waals surface area (Å²) in [5.41, 5.74) is 4.26. The molecule has 0 saturated carbocycles. The maximum atomic E-state index is 5.27. The zero-order chi connectivity index (χ0) is 17.1. The summed E-state index contributed by atoms with van der Waals surface area (Å²) in [6.45, 7) is 0.755. The van der Waals surface area contributed by atoms with Gasteiger partial charge in [0.25, 0.3) is 0 Å². The number of aromatic nitrogens is 4. The molecule has 0 aliphatic heterocycles. The van der Waals surface area contributed by atoms with Crippen LogP contribution in [0.2, 0.25) is 0 Å². The van der Waals surface area contributed by atoms with Gasteiger partial charge in [0.15, 0.2) is 0 Å². The van der Waals surface area contributed by atoms with E-state index in [1.165, 1.54) is 5.56 Å². The van der Waals surface area contributed by atoms with E-state index in [2.05, 4.69) is 22.3 Å². The van der Waals surface area contributed by atoms with Gasteiger partial charge in [0.1, 0.15) is 5.75 Å². The van der Waals surface area contributed by atoms with Gasteiger partial charge in [-0.1, -0.05) is 36.4 Å². The van der Waals surface area contributed by atoms with Gasteiger partial charge in [0, 0.05) is 29.6 Å². The van der Waals surface area contributed by atoms with E-state index < -0.39 is 0 Å². The molecule has 0 radical (unpaired) electrons. The van der Waals surface area contributed by atoms with Gasteiger partial charge in [0.2, 0.25) is 0 Å². The van der Waals surface area contributed by atoms with Crippen molar-refractivity contribution in [1.29, 1.82) is 0 Å². The van der Waals surface area contributed by atoms with E-state index in [1.807, 2.05) is 76.6 Å². The molecule has 2 aromatic heterocycles. The zero-order valence-corrected chi connectivity index (χ0v) is 13.9. The Kier molecular flexibility index (Phi) is 4.04. The highest BCUT2D eigenvalue weighted by Crippen LogP contribution is 2.21. The number of hydrogen-bond donors (Lipinski definition) is 0. The lowest BCUT2D eigenvalue weighted by Gasteiger charge is -2.03. The molecule has 0 amide bonds. The Bertz CT molecular complexity index is 972. The minimum absolute atomic E-state index is 0.755. The standard InChI is InChI=1S/C20H18N4O/c1-25-20-9-5-8-19(10-20)24-15-18(12-22-24)17-11-21-23(14-17)13-16-6-3-2-4-7-16/h2-12,14-15H,13H2,1H3. The SMILES string of the molecule is COc1cccc(-n2cc(-c3cnn(Cc4ccccc4)c3)cn2)c1. The van der Waals surface area contributed by atoms with Gasteiger partial charge in [-0.25, -0.2) is 4.68 Å². The van der Waals surface area contributed by atoms with Crippen LogP contribution in [0.25, 0.3) is 16.8 Å². The number of nitrogens with zero attached hydrogens (tertiary/aromatic N) is 4. The molecule has 0 unspecified atom stereocenters. The summed E-state index contributed by atoms with van der Waals surface area (Å²) in [5, 5.41) is 8.91. The number of rotatable bonds is 5. The van der Waals surface area contributed by atoms with Crippen molar-refractivity contribution in [3.8, 4) is 22.6 Å². The third-order valence-corrected chi connectivity index (χ3v) is 4.05. The van der Waals surface area contributed by atoms with Crippen molar-refractivity contribution in [3.63, 3.8) is 0 Å². The van der Waals surface area contributed by atoms with Crippen LogP contribution in [0.1, 0.15) is 5.56 Å². The highest BCUT2D eigenvalue weighted by atomic mass is 16.5. The Morgan fingerprint density at radius 1 is 0.880 bits per heavy atom. The van der Waals surface area contributed by atoms with Gasteiger partial charge in [-0.2, -0.15) is 10.2 Å². The monoisotopic (exact) mass is 330 g/mol. The molecule has 5 heteroatoms. The van der Waals surface area contributed by atoms with Crippen molar-refractivity contribution >= 4 is 0 Å². The molecule has 4 aromatic rings. The lowest BCUT2D eigenvalue weighted by molar-refractivity contribution is 0.414. The molecule has 2 heterocycles. The Morgan fingerprint density at radius 2 is 1.68 bits per heavy atom. The summed E-state index contributed by atoms with van der Waals surface area (Å²) in [5.74, 6) is 0.810. The minimum atomic E-state index is 0.755.